The van der Waals surface area contributed by atoms with Crippen LogP contribution in [0, 0.1) is 0 Å². The summed E-state index contributed by atoms with van der Waals surface area (Å²) in [6.07, 6.45) is 1.65. The van der Waals surface area contributed by atoms with E-state index in [-0.39, 0.29) is 18.3 Å². The molecule has 0 bridgehead atoms. The van der Waals surface area contributed by atoms with Crippen molar-refractivity contribution in [3.8, 4) is 0 Å². The average Bonchev–Trinajstić information content (AvgIpc) is 2.55. The van der Waals surface area contributed by atoms with E-state index in [9.17, 15) is 4.79 Å². The molecular weight excluding hydrogens is 333 g/mol. The van der Waals surface area contributed by atoms with Gasteiger partial charge in [0, 0.05) is 16.0 Å². The molecule has 6 heteroatoms. The number of nitrogens with zero attached hydrogens (tertiary/aromatic N) is 2. The van der Waals surface area contributed by atoms with Crippen molar-refractivity contribution >= 4 is 46.9 Å². The fourth-order valence-corrected chi connectivity index (χ4v) is 2.49. The molecule has 0 aliphatic heterocycles. The van der Waals surface area contributed by atoms with Gasteiger partial charge in [0.2, 0.25) is 0 Å². The molecular formula is C17H21Cl2N3O. The van der Waals surface area contributed by atoms with Crippen LogP contribution < -0.4 is 5.43 Å². The Bertz CT molecular complexity index is 685. The number of halogens is 2. The first-order chi connectivity index (χ1) is 10.7. The highest BCUT2D eigenvalue weighted by Gasteiger charge is 2.06. The van der Waals surface area contributed by atoms with E-state index in [1.165, 1.54) is 0 Å². The highest BCUT2D eigenvalue weighted by atomic mass is 35.5. The third-order valence-electron chi connectivity index (χ3n) is 3.56. The zero-order valence-corrected chi connectivity index (χ0v) is 14.8. The van der Waals surface area contributed by atoms with E-state index in [1.807, 2.05) is 55.1 Å². The van der Waals surface area contributed by atoms with Crippen molar-refractivity contribution in [2.75, 3.05) is 19.6 Å². The van der Waals surface area contributed by atoms with Gasteiger partial charge in [0.25, 0.3) is 5.91 Å². The lowest BCUT2D eigenvalue weighted by Gasteiger charge is -2.15. The molecule has 2 rings (SSSR count). The molecule has 0 saturated heterocycles. The summed E-state index contributed by atoms with van der Waals surface area (Å²) >= 11 is 6.18. The summed E-state index contributed by atoms with van der Waals surface area (Å²) in [5.74, 6) is -0.113. The number of benzene rings is 2. The first-order valence-electron chi connectivity index (χ1n) is 7.37. The maximum atomic E-state index is 11.8. The lowest BCUT2D eigenvalue weighted by molar-refractivity contribution is -0.122. The number of nitrogens with one attached hydrogen (secondary N) is 1. The number of likely N-dealkylation sites (N-methyl/N-ethyl adjacent to an activating group) is 1. The largest absolute Gasteiger partial charge is 0.295 e. The molecule has 0 atom stereocenters. The second-order valence-electron chi connectivity index (χ2n) is 4.94. The van der Waals surface area contributed by atoms with Crippen LogP contribution in [-0.2, 0) is 4.79 Å². The maximum Gasteiger partial charge on any atom is 0.254 e. The van der Waals surface area contributed by atoms with Gasteiger partial charge < -0.3 is 0 Å². The number of amides is 1. The molecule has 0 radical (unpaired) electrons. The van der Waals surface area contributed by atoms with E-state index in [0.29, 0.717) is 11.6 Å². The summed E-state index contributed by atoms with van der Waals surface area (Å²) in [4.78, 5) is 13.8. The third kappa shape index (κ3) is 5.20. The smallest absolute Gasteiger partial charge is 0.254 e. The van der Waals surface area contributed by atoms with Gasteiger partial charge in [0.15, 0.2) is 0 Å². The van der Waals surface area contributed by atoms with Crippen LogP contribution in [0.1, 0.15) is 19.4 Å². The normalized spacial score (nSPS) is 11.0. The fourth-order valence-electron chi connectivity index (χ4n) is 2.26. The van der Waals surface area contributed by atoms with Crippen molar-refractivity contribution in [2.45, 2.75) is 13.8 Å². The molecule has 23 heavy (non-hydrogen) atoms. The quantitative estimate of drug-likeness (QED) is 0.635. The molecule has 2 aromatic carbocycles. The van der Waals surface area contributed by atoms with Gasteiger partial charge in [-0.2, -0.15) is 5.10 Å². The lowest BCUT2D eigenvalue weighted by atomic mass is 10.1. The standard InChI is InChI=1S/C17H20ClN3O.ClH/c1-3-21(4-2)12-17(22)20-19-11-13-9-10-16(18)15-8-6-5-7-14(13)15;/h5-11H,3-4,12H2,1-2H3,(H,20,22);1H/b19-11+;. The Morgan fingerprint density at radius 1 is 1.17 bits per heavy atom. The zero-order valence-electron chi connectivity index (χ0n) is 13.3. The molecule has 0 unspecified atom stereocenters. The summed E-state index contributed by atoms with van der Waals surface area (Å²) in [5.41, 5.74) is 3.48. The second kappa shape index (κ2) is 9.50. The SMILES string of the molecule is CCN(CC)CC(=O)N/N=C/c1ccc(Cl)c2ccccc12.Cl. The van der Waals surface area contributed by atoms with E-state index < -0.39 is 0 Å². The minimum Gasteiger partial charge on any atom is -0.295 e. The van der Waals surface area contributed by atoms with Crippen molar-refractivity contribution in [1.29, 1.82) is 0 Å². The van der Waals surface area contributed by atoms with Crippen molar-refractivity contribution in [3.63, 3.8) is 0 Å². The molecule has 1 amide bonds. The number of hydrogen-bond donors (Lipinski definition) is 1. The van der Waals surface area contributed by atoms with Crippen molar-refractivity contribution in [2.24, 2.45) is 5.10 Å². The first-order valence-corrected chi connectivity index (χ1v) is 7.75. The third-order valence-corrected chi connectivity index (χ3v) is 3.89. The van der Waals surface area contributed by atoms with Gasteiger partial charge in [-0.25, -0.2) is 5.43 Å². The molecule has 124 valence electrons. The van der Waals surface area contributed by atoms with Crippen molar-refractivity contribution in [1.82, 2.24) is 10.3 Å². The number of hydrogen-bond acceptors (Lipinski definition) is 3. The molecule has 0 fully saturated rings. The number of rotatable bonds is 6. The summed E-state index contributed by atoms with van der Waals surface area (Å²) in [6, 6.07) is 11.6. The van der Waals surface area contributed by atoms with Gasteiger partial charge in [0.05, 0.1) is 12.8 Å². The van der Waals surface area contributed by atoms with Crippen molar-refractivity contribution < 1.29 is 4.79 Å². The summed E-state index contributed by atoms with van der Waals surface area (Å²) in [7, 11) is 0. The van der Waals surface area contributed by atoms with E-state index >= 15 is 0 Å². The van der Waals surface area contributed by atoms with Crippen LogP contribution in [0.3, 0.4) is 0 Å². The van der Waals surface area contributed by atoms with Crippen LogP contribution in [0.5, 0.6) is 0 Å². The molecule has 0 saturated carbocycles. The van der Waals surface area contributed by atoms with Crippen molar-refractivity contribution in [3.05, 3.63) is 47.0 Å². The molecule has 0 aliphatic carbocycles. The van der Waals surface area contributed by atoms with Crippen LogP contribution in [0.25, 0.3) is 10.8 Å². The minimum atomic E-state index is -0.113. The van der Waals surface area contributed by atoms with Gasteiger partial charge >= 0.3 is 0 Å². The van der Waals surface area contributed by atoms with Gasteiger partial charge in [0.1, 0.15) is 0 Å². The molecule has 2 aromatic rings. The minimum absolute atomic E-state index is 0. The van der Waals surface area contributed by atoms with Gasteiger partial charge in [-0.1, -0.05) is 55.8 Å². The second-order valence-corrected chi connectivity index (χ2v) is 5.34. The van der Waals surface area contributed by atoms with Crippen LogP contribution in [-0.4, -0.2) is 36.7 Å². The molecule has 0 heterocycles. The zero-order chi connectivity index (χ0) is 15.9. The highest BCUT2D eigenvalue weighted by molar-refractivity contribution is 6.36. The van der Waals surface area contributed by atoms with Crippen LogP contribution in [0.2, 0.25) is 5.02 Å². The Balaban J connectivity index is 0.00000264. The van der Waals surface area contributed by atoms with Crippen LogP contribution in [0.4, 0.5) is 0 Å². The first kappa shape index (κ1) is 19.4. The van der Waals surface area contributed by atoms with Gasteiger partial charge in [-0.3, -0.25) is 9.69 Å². The Hall–Kier alpha value is -1.62. The van der Waals surface area contributed by atoms with E-state index in [4.69, 9.17) is 11.6 Å². The topological polar surface area (TPSA) is 44.7 Å². The van der Waals surface area contributed by atoms with E-state index in [0.717, 1.165) is 29.4 Å². The monoisotopic (exact) mass is 353 g/mol. The number of fused-ring (bicyclic) bond motifs is 1. The molecule has 0 aromatic heterocycles. The van der Waals surface area contributed by atoms with E-state index in [2.05, 4.69) is 10.5 Å². The fraction of sp³-hybridized carbons (Fsp3) is 0.294. The van der Waals surface area contributed by atoms with Crippen LogP contribution in [0.15, 0.2) is 41.5 Å². The Labute approximate surface area is 147 Å². The molecule has 0 spiro atoms. The number of carbonyl (C=O) groups is 1. The summed E-state index contributed by atoms with van der Waals surface area (Å²) in [6.45, 7) is 6.09. The highest BCUT2D eigenvalue weighted by Crippen LogP contribution is 2.25. The van der Waals surface area contributed by atoms with E-state index in [1.54, 1.807) is 6.21 Å². The average molecular weight is 354 g/mol. The summed E-state index contributed by atoms with van der Waals surface area (Å²) in [5, 5.41) is 6.74. The molecule has 1 N–H and O–H groups in total. The lowest BCUT2D eigenvalue weighted by Crippen LogP contribution is -2.35. The molecule has 4 nitrogen and oxygen atoms in total. The number of carbonyl (C=O) groups excluding carboxylic acids is 1. The van der Waals surface area contributed by atoms with Crippen LogP contribution >= 0.6 is 24.0 Å². The summed E-state index contributed by atoms with van der Waals surface area (Å²) < 4.78 is 0. The van der Waals surface area contributed by atoms with Gasteiger partial charge in [-0.05, 0) is 24.5 Å². The van der Waals surface area contributed by atoms with Gasteiger partial charge in [-0.15, -0.1) is 12.4 Å². The Morgan fingerprint density at radius 2 is 1.83 bits per heavy atom. The maximum absolute atomic E-state index is 11.8. The molecule has 0 aliphatic rings. The Morgan fingerprint density at radius 3 is 2.48 bits per heavy atom. The number of hydrazone groups is 1. The predicted octanol–water partition coefficient (Wildman–Crippen LogP) is 3.71. The Kier molecular flexibility index (Phi) is 8.03. The predicted molar refractivity (Wildman–Crippen MR) is 99.7 cm³/mol.